The summed E-state index contributed by atoms with van der Waals surface area (Å²) >= 11 is 0. The lowest BCUT2D eigenvalue weighted by Gasteiger charge is -2.23. The lowest BCUT2D eigenvalue weighted by molar-refractivity contribution is -0.129. The maximum Gasteiger partial charge on any atom is 0.312 e. The van der Waals surface area contributed by atoms with E-state index in [0.717, 1.165) is 0 Å². The van der Waals surface area contributed by atoms with E-state index in [9.17, 15) is 14.4 Å². The summed E-state index contributed by atoms with van der Waals surface area (Å²) < 4.78 is 0. The number of primary amides is 1. The van der Waals surface area contributed by atoms with Crippen LogP contribution in [0.15, 0.2) is 0 Å². The Hall–Kier alpha value is -1.63. The Morgan fingerprint density at radius 1 is 1.04 bits per heavy atom. The summed E-state index contributed by atoms with van der Waals surface area (Å²) in [4.78, 5) is 34.7. The molecule has 0 saturated heterocycles. The van der Waals surface area contributed by atoms with Crippen molar-refractivity contribution in [2.24, 2.45) is 11.7 Å². The van der Waals surface area contributed by atoms with Crippen molar-refractivity contribution in [3.8, 4) is 0 Å². The summed E-state index contributed by atoms with van der Waals surface area (Å²) in [6.07, 6.45) is 1.42. The SMILES string of the molecule is CC.CC.CCC(=O)C(CCCNC(N)=O)NC(=O)C(NC)C(C)C. The Kier molecular flexibility index (Phi) is 21.1. The average molecular weight is 361 g/mol. The van der Waals surface area contributed by atoms with E-state index in [1.807, 2.05) is 41.5 Å². The molecule has 5 N–H and O–H groups in total. The Morgan fingerprint density at radius 2 is 1.56 bits per heavy atom. The van der Waals surface area contributed by atoms with E-state index in [1.165, 1.54) is 0 Å². The molecule has 0 spiro atoms. The number of Topliss-reactive ketones (excluding diaryl/α,β-unsaturated/α-hetero) is 1. The fourth-order valence-electron chi connectivity index (χ4n) is 2.11. The Balaban J connectivity index is -0.00000112. The number of hydrogen-bond donors (Lipinski definition) is 4. The number of rotatable bonds is 10. The van der Waals surface area contributed by atoms with E-state index in [0.29, 0.717) is 25.8 Å². The molecule has 0 saturated carbocycles. The van der Waals surface area contributed by atoms with Gasteiger partial charge < -0.3 is 21.7 Å². The first-order chi connectivity index (χ1) is 11.8. The zero-order valence-corrected chi connectivity index (χ0v) is 17.4. The summed E-state index contributed by atoms with van der Waals surface area (Å²) in [5, 5.41) is 8.21. The van der Waals surface area contributed by atoms with Gasteiger partial charge in [0.1, 0.15) is 0 Å². The van der Waals surface area contributed by atoms with E-state index in [1.54, 1.807) is 14.0 Å². The van der Waals surface area contributed by atoms with Crippen LogP contribution in [0.25, 0.3) is 0 Å². The molecular formula is C18H40N4O3. The van der Waals surface area contributed by atoms with Crippen LogP contribution in [-0.2, 0) is 9.59 Å². The minimum Gasteiger partial charge on any atom is -0.352 e. The van der Waals surface area contributed by atoms with Gasteiger partial charge in [-0.25, -0.2) is 4.79 Å². The van der Waals surface area contributed by atoms with E-state index in [2.05, 4.69) is 16.0 Å². The highest BCUT2D eigenvalue weighted by Crippen LogP contribution is 2.05. The van der Waals surface area contributed by atoms with Gasteiger partial charge in [-0.3, -0.25) is 9.59 Å². The first-order valence-electron chi connectivity index (χ1n) is 9.37. The number of urea groups is 1. The number of carbonyl (C=O) groups excluding carboxylic acids is 3. The Morgan fingerprint density at radius 3 is 1.92 bits per heavy atom. The fraction of sp³-hybridized carbons (Fsp3) is 0.833. The van der Waals surface area contributed by atoms with Gasteiger partial charge in [0.2, 0.25) is 5.91 Å². The summed E-state index contributed by atoms with van der Waals surface area (Å²) in [7, 11) is 1.72. The quantitative estimate of drug-likeness (QED) is 0.447. The Labute approximate surface area is 153 Å². The highest BCUT2D eigenvalue weighted by Gasteiger charge is 2.25. The van der Waals surface area contributed by atoms with Crippen molar-refractivity contribution >= 4 is 17.7 Å². The highest BCUT2D eigenvalue weighted by atomic mass is 16.2. The maximum absolute atomic E-state index is 12.2. The van der Waals surface area contributed by atoms with Crippen molar-refractivity contribution < 1.29 is 14.4 Å². The topological polar surface area (TPSA) is 113 Å². The van der Waals surface area contributed by atoms with Gasteiger partial charge in [0, 0.05) is 13.0 Å². The predicted octanol–water partition coefficient (Wildman–Crippen LogP) is 2.20. The van der Waals surface area contributed by atoms with Crippen LogP contribution < -0.4 is 21.7 Å². The van der Waals surface area contributed by atoms with E-state index >= 15 is 0 Å². The van der Waals surface area contributed by atoms with Crippen LogP contribution >= 0.6 is 0 Å². The third-order valence-electron chi connectivity index (χ3n) is 3.28. The van der Waals surface area contributed by atoms with Gasteiger partial charge in [-0.2, -0.15) is 0 Å². The van der Waals surface area contributed by atoms with Crippen molar-refractivity contribution in [1.29, 1.82) is 0 Å². The standard InChI is InChI=1S/C14H28N4O3.2C2H6/c1-5-11(19)10(7-6-8-17-14(15)21)18-13(20)12(16-4)9(2)3;2*1-2/h9-10,12,16H,5-8H2,1-4H3,(H,18,20)(H3,15,17,21);2*1-2H3. The van der Waals surface area contributed by atoms with Crippen molar-refractivity contribution in [3.63, 3.8) is 0 Å². The van der Waals surface area contributed by atoms with Crippen LogP contribution in [0.5, 0.6) is 0 Å². The van der Waals surface area contributed by atoms with E-state index in [4.69, 9.17) is 5.73 Å². The zero-order valence-electron chi connectivity index (χ0n) is 17.4. The minimum absolute atomic E-state index is 0.0129. The normalized spacial score (nSPS) is 11.9. The second-order valence-corrected chi connectivity index (χ2v) is 5.32. The molecule has 0 rings (SSSR count). The molecule has 0 aliphatic heterocycles. The summed E-state index contributed by atoms with van der Waals surface area (Å²) in [5.41, 5.74) is 4.97. The summed E-state index contributed by atoms with van der Waals surface area (Å²) in [6, 6.07) is -1.44. The van der Waals surface area contributed by atoms with Gasteiger partial charge in [-0.05, 0) is 25.8 Å². The molecule has 0 fully saturated rings. The number of nitrogens with two attached hydrogens (primary N) is 1. The molecule has 7 nitrogen and oxygen atoms in total. The molecule has 2 atom stereocenters. The third kappa shape index (κ3) is 14.4. The largest absolute Gasteiger partial charge is 0.352 e. The zero-order chi connectivity index (χ0) is 20.4. The molecule has 0 aromatic carbocycles. The number of nitrogens with one attached hydrogen (secondary N) is 3. The molecule has 3 amide bonds. The Bertz CT molecular complexity index is 360. The van der Waals surface area contributed by atoms with Gasteiger partial charge >= 0.3 is 6.03 Å². The maximum atomic E-state index is 12.2. The number of carbonyl (C=O) groups is 3. The van der Waals surface area contributed by atoms with Crippen LogP contribution in [0, 0.1) is 5.92 Å². The molecule has 0 aliphatic carbocycles. The van der Waals surface area contributed by atoms with Crippen molar-refractivity contribution in [2.45, 2.75) is 79.8 Å². The predicted molar refractivity (Wildman–Crippen MR) is 104 cm³/mol. The second-order valence-electron chi connectivity index (χ2n) is 5.32. The van der Waals surface area contributed by atoms with Crippen LogP contribution in [-0.4, -0.2) is 43.4 Å². The number of ketones is 1. The molecule has 0 aromatic rings. The fourth-order valence-corrected chi connectivity index (χ4v) is 2.11. The lowest BCUT2D eigenvalue weighted by Crippen LogP contribution is -2.51. The molecule has 0 radical (unpaired) electrons. The van der Waals surface area contributed by atoms with Crippen LogP contribution in [0.3, 0.4) is 0 Å². The van der Waals surface area contributed by atoms with Crippen LogP contribution in [0.2, 0.25) is 0 Å². The van der Waals surface area contributed by atoms with Gasteiger partial charge in [-0.15, -0.1) is 0 Å². The van der Waals surface area contributed by atoms with Gasteiger partial charge in [0.25, 0.3) is 0 Å². The monoisotopic (exact) mass is 360 g/mol. The number of hydrogen-bond acceptors (Lipinski definition) is 4. The van der Waals surface area contributed by atoms with Gasteiger partial charge in [0.15, 0.2) is 5.78 Å². The lowest BCUT2D eigenvalue weighted by atomic mass is 10.0. The van der Waals surface area contributed by atoms with E-state index < -0.39 is 12.1 Å². The molecule has 2 unspecified atom stereocenters. The molecule has 7 heteroatoms. The molecule has 0 aromatic heterocycles. The number of amides is 3. The number of likely N-dealkylation sites (N-methyl/N-ethyl adjacent to an activating group) is 1. The third-order valence-corrected chi connectivity index (χ3v) is 3.28. The summed E-state index contributed by atoms with van der Waals surface area (Å²) in [5.74, 6) is -0.0629. The minimum atomic E-state index is -0.590. The molecule has 0 heterocycles. The highest BCUT2D eigenvalue weighted by molar-refractivity contribution is 5.90. The molecule has 25 heavy (non-hydrogen) atoms. The first kappa shape index (κ1) is 28.2. The molecule has 0 bridgehead atoms. The second kappa shape index (κ2) is 18.7. The molecule has 0 aliphatic rings. The van der Waals surface area contributed by atoms with Gasteiger partial charge in [-0.1, -0.05) is 48.5 Å². The average Bonchev–Trinajstić information content (AvgIpc) is 2.60. The van der Waals surface area contributed by atoms with Crippen molar-refractivity contribution in [3.05, 3.63) is 0 Å². The molecular weight excluding hydrogens is 320 g/mol. The van der Waals surface area contributed by atoms with Crippen molar-refractivity contribution in [1.82, 2.24) is 16.0 Å². The first-order valence-corrected chi connectivity index (χ1v) is 9.37. The van der Waals surface area contributed by atoms with Crippen molar-refractivity contribution in [2.75, 3.05) is 13.6 Å². The summed E-state index contributed by atoms with van der Waals surface area (Å²) in [6.45, 7) is 14.0. The van der Waals surface area contributed by atoms with Gasteiger partial charge in [0.05, 0.1) is 12.1 Å². The van der Waals surface area contributed by atoms with Crippen LogP contribution in [0.4, 0.5) is 4.79 Å². The van der Waals surface area contributed by atoms with E-state index in [-0.39, 0.29) is 23.7 Å². The smallest absolute Gasteiger partial charge is 0.312 e. The van der Waals surface area contributed by atoms with Crippen LogP contribution in [0.1, 0.15) is 67.7 Å². The molecule has 150 valence electrons.